The Morgan fingerprint density at radius 3 is 2.33 bits per heavy atom. The van der Waals surface area contributed by atoms with Gasteiger partial charge in [-0.05, 0) is 31.9 Å². The zero-order valence-electron chi connectivity index (χ0n) is 11.4. The highest BCUT2D eigenvalue weighted by Crippen LogP contribution is 2.23. The van der Waals surface area contributed by atoms with Crippen LogP contribution in [-0.2, 0) is 13.1 Å². The molecular formula is C15H21N3. The predicted octanol–water partition coefficient (Wildman–Crippen LogP) is 2.28. The lowest BCUT2D eigenvalue weighted by Gasteiger charge is -2.30. The third-order valence-corrected chi connectivity index (χ3v) is 3.30. The van der Waals surface area contributed by atoms with Crippen LogP contribution in [0.4, 0.5) is 0 Å². The van der Waals surface area contributed by atoms with E-state index in [-0.39, 0.29) is 0 Å². The van der Waals surface area contributed by atoms with Crippen molar-refractivity contribution in [2.45, 2.75) is 45.4 Å². The largest absolute Gasteiger partial charge is 0.296 e. The normalized spacial score (nSPS) is 18.4. The first-order valence-corrected chi connectivity index (χ1v) is 6.50. The number of nitrogens with one attached hydrogen (secondary N) is 1. The van der Waals surface area contributed by atoms with E-state index in [0.29, 0.717) is 6.04 Å². The maximum atomic E-state index is 9.37. The molecular weight excluding hydrogens is 222 g/mol. The molecule has 0 saturated carbocycles. The van der Waals surface area contributed by atoms with Crippen LogP contribution in [0.3, 0.4) is 0 Å². The standard InChI is InChI=1S/C15H21N3/c1-12(2)17-15(3,10-16)11-18-8-13-6-4-5-7-14(13)9-18/h4-7,12,17H,8-9,11H2,1-3H3. The van der Waals surface area contributed by atoms with Crippen molar-refractivity contribution in [3.05, 3.63) is 35.4 Å². The summed E-state index contributed by atoms with van der Waals surface area (Å²) in [5.41, 5.74) is 2.31. The van der Waals surface area contributed by atoms with Crippen molar-refractivity contribution in [2.24, 2.45) is 0 Å². The van der Waals surface area contributed by atoms with Crippen LogP contribution in [0.2, 0.25) is 0 Å². The van der Waals surface area contributed by atoms with Gasteiger partial charge in [-0.3, -0.25) is 10.2 Å². The molecule has 1 aromatic rings. The zero-order valence-corrected chi connectivity index (χ0v) is 11.4. The molecule has 1 aliphatic heterocycles. The second-order valence-corrected chi connectivity index (χ2v) is 5.66. The van der Waals surface area contributed by atoms with Crippen LogP contribution in [-0.4, -0.2) is 23.0 Å². The molecule has 0 saturated heterocycles. The summed E-state index contributed by atoms with van der Waals surface area (Å²) in [7, 11) is 0. The second kappa shape index (κ2) is 5.09. The lowest BCUT2D eigenvalue weighted by Crippen LogP contribution is -2.51. The smallest absolute Gasteiger partial charge is 0.116 e. The highest BCUT2D eigenvalue weighted by molar-refractivity contribution is 5.30. The van der Waals surface area contributed by atoms with E-state index in [1.165, 1.54) is 11.1 Å². The SMILES string of the molecule is CC(C)NC(C)(C#N)CN1Cc2ccccc2C1. The summed E-state index contributed by atoms with van der Waals surface area (Å²) in [5.74, 6) is 0. The molecule has 1 unspecified atom stereocenters. The molecule has 1 aromatic carbocycles. The van der Waals surface area contributed by atoms with Gasteiger partial charge in [-0.15, -0.1) is 0 Å². The Kier molecular flexibility index (Phi) is 3.70. The molecule has 1 aliphatic rings. The van der Waals surface area contributed by atoms with Gasteiger partial charge >= 0.3 is 0 Å². The molecule has 1 N–H and O–H groups in total. The maximum Gasteiger partial charge on any atom is 0.116 e. The first-order chi connectivity index (χ1) is 8.52. The fourth-order valence-corrected chi connectivity index (χ4v) is 2.71. The van der Waals surface area contributed by atoms with E-state index in [9.17, 15) is 5.26 Å². The number of rotatable bonds is 4. The molecule has 3 nitrogen and oxygen atoms in total. The number of fused-ring (bicyclic) bond motifs is 1. The number of benzene rings is 1. The molecule has 0 spiro atoms. The monoisotopic (exact) mass is 243 g/mol. The average molecular weight is 243 g/mol. The quantitative estimate of drug-likeness (QED) is 0.882. The number of nitriles is 1. The van der Waals surface area contributed by atoms with Gasteiger partial charge < -0.3 is 0 Å². The Bertz CT molecular complexity index is 436. The lowest BCUT2D eigenvalue weighted by molar-refractivity contribution is 0.216. The Morgan fingerprint density at radius 2 is 1.89 bits per heavy atom. The van der Waals surface area contributed by atoms with E-state index in [2.05, 4.69) is 54.4 Å². The van der Waals surface area contributed by atoms with Gasteiger partial charge in [0.15, 0.2) is 0 Å². The van der Waals surface area contributed by atoms with Crippen LogP contribution in [0.25, 0.3) is 0 Å². The molecule has 0 amide bonds. The predicted molar refractivity (Wildman–Crippen MR) is 72.8 cm³/mol. The summed E-state index contributed by atoms with van der Waals surface area (Å²) in [4.78, 5) is 2.34. The summed E-state index contributed by atoms with van der Waals surface area (Å²) in [6.45, 7) is 8.80. The number of nitrogens with zero attached hydrogens (tertiary/aromatic N) is 2. The highest BCUT2D eigenvalue weighted by Gasteiger charge is 2.30. The Labute approximate surface area is 109 Å². The molecule has 0 radical (unpaired) electrons. The van der Waals surface area contributed by atoms with Crippen molar-refractivity contribution in [3.8, 4) is 6.07 Å². The first-order valence-electron chi connectivity index (χ1n) is 6.50. The van der Waals surface area contributed by atoms with Gasteiger partial charge in [-0.25, -0.2) is 0 Å². The van der Waals surface area contributed by atoms with Crippen molar-refractivity contribution < 1.29 is 0 Å². The fourth-order valence-electron chi connectivity index (χ4n) is 2.71. The molecule has 0 fully saturated rings. The average Bonchev–Trinajstić information content (AvgIpc) is 2.69. The molecule has 3 heteroatoms. The van der Waals surface area contributed by atoms with Crippen molar-refractivity contribution in [1.82, 2.24) is 10.2 Å². The topological polar surface area (TPSA) is 39.1 Å². The second-order valence-electron chi connectivity index (χ2n) is 5.66. The molecule has 0 aliphatic carbocycles. The molecule has 1 heterocycles. The molecule has 0 bridgehead atoms. The number of hydrogen-bond donors (Lipinski definition) is 1. The van der Waals surface area contributed by atoms with E-state index in [4.69, 9.17) is 0 Å². The third-order valence-electron chi connectivity index (χ3n) is 3.30. The Hall–Kier alpha value is -1.37. The van der Waals surface area contributed by atoms with Crippen LogP contribution >= 0.6 is 0 Å². The van der Waals surface area contributed by atoms with Gasteiger partial charge in [0, 0.05) is 25.7 Å². The van der Waals surface area contributed by atoms with Gasteiger partial charge in [0.1, 0.15) is 5.54 Å². The molecule has 2 rings (SSSR count). The zero-order chi connectivity index (χ0) is 13.2. The van der Waals surface area contributed by atoms with Crippen LogP contribution < -0.4 is 5.32 Å². The summed E-state index contributed by atoms with van der Waals surface area (Å²) >= 11 is 0. The van der Waals surface area contributed by atoms with E-state index >= 15 is 0 Å². The molecule has 18 heavy (non-hydrogen) atoms. The van der Waals surface area contributed by atoms with Crippen LogP contribution in [0.5, 0.6) is 0 Å². The maximum absolute atomic E-state index is 9.37. The van der Waals surface area contributed by atoms with Crippen molar-refractivity contribution in [3.63, 3.8) is 0 Å². The number of hydrogen-bond acceptors (Lipinski definition) is 3. The van der Waals surface area contributed by atoms with Gasteiger partial charge in [0.05, 0.1) is 6.07 Å². The van der Waals surface area contributed by atoms with Crippen LogP contribution in [0.1, 0.15) is 31.9 Å². The summed E-state index contributed by atoms with van der Waals surface area (Å²) in [6, 6.07) is 11.2. The Balaban J connectivity index is 2.02. The minimum absolute atomic E-state index is 0.319. The van der Waals surface area contributed by atoms with Gasteiger partial charge in [-0.1, -0.05) is 24.3 Å². The van der Waals surface area contributed by atoms with Crippen molar-refractivity contribution in [1.29, 1.82) is 5.26 Å². The van der Waals surface area contributed by atoms with E-state index in [1.54, 1.807) is 0 Å². The lowest BCUT2D eigenvalue weighted by atomic mass is 10.0. The summed E-state index contributed by atoms with van der Waals surface area (Å²) < 4.78 is 0. The third kappa shape index (κ3) is 2.90. The van der Waals surface area contributed by atoms with E-state index < -0.39 is 5.54 Å². The highest BCUT2D eigenvalue weighted by atomic mass is 15.2. The van der Waals surface area contributed by atoms with Crippen molar-refractivity contribution >= 4 is 0 Å². The molecule has 0 aromatic heterocycles. The van der Waals surface area contributed by atoms with Gasteiger partial charge in [0.25, 0.3) is 0 Å². The molecule has 96 valence electrons. The summed E-state index contributed by atoms with van der Waals surface area (Å²) in [5, 5.41) is 12.7. The van der Waals surface area contributed by atoms with Crippen molar-refractivity contribution in [2.75, 3.05) is 6.54 Å². The fraction of sp³-hybridized carbons (Fsp3) is 0.533. The van der Waals surface area contributed by atoms with Crippen LogP contribution in [0.15, 0.2) is 24.3 Å². The van der Waals surface area contributed by atoms with E-state index in [1.807, 2.05) is 6.92 Å². The van der Waals surface area contributed by atoms with E-state index in [0.717, 1.165) is 19.6 Å². The summed E-state index contributed by atoms with van der Waals surface area (Å²) in [6.07, 6.45) is 0. The van der Waals surface area contributed by atoms with Crippen LogP contribution in [0, 0.1) is 11.3 Å². The molecule has 1 atom stereocenters. The van der Waals surface area contributed by atoms with Gasteiger partial charge in [-0.2, -0.15) is 5.26 Å². The minimum atomic E-state index is -0.476. The Morgan fingerprint density at radius 1 is 1.33 bits per heavy atom. The first kappa shape index (κ1) is 13.1. The minimum Gasteiger partial charge on any atom is -0.296 e. The van der Waals surface area contributed by atoms with Gasteiger partial charge in [0.2, 0.25) is 0 Å².